The lowest BCUT2D eigenvalue weighted by Gasteiger charge is -1.99. The average Bonchev–Trinajstić information content (AvgIpc) is 2.85. The first-order valence-corrected chi connectivity index (χ1v) is 7.67. The summed E-state index contributed by atoms with van der Waals surface area (Å²) in [6, 6.07) is 10.1. The largest absolute Gasteiger partial charge is 0.264 e. The number of hydrogen-bond donors (Lipinski definition) is 0. The lowest BCUT2D eigenvalue weighted by molar-refractivity contribution is 1.21. The molecular formula is C15H8BrN3S. The monoisotopic (exact) mass is 341 g/mol. The van der Waals surface area contributed by atoms with Gasteiger partial charge in [0.25, 0.3) is 0 Å². The van der Waals surface area contributed by atoms with Gasteiger partial charge in [-0.25, -0.2) is 9.97 Å². The lowest BCUT2D eigenvalue weighted by Crippen LogP contribution is -1.88. The van der Waals surface area contributed by atoms with E-state index in [4.69, 9.17) is 4.98 Å². The molecule has 0 saturated carbocycles. The van der Waals surface area contributed by atoms with Crippen LogP contribution in [0.1, 0.15) is 0 Å². The lowest BCUT2D eigenvalue weighted by atomic mass is 10.2. The summed E-state index contributed by atoms with van der Waals surface area (Å²) in [5.74, 6) is 0.713. The fourth-order valence-electron chi connectivity index (χ4n) is 2.17. The summed E-state index contributed by atoms with van der Waals surface area (Å²) in [7, 11) is 0. The highest BCUT2D eigenvalue weighted by molar-refractivity contribution is 9.10. The summed E-state index contributed by atoms with van der Waals surface area (Å²) in [6.45, 7) is 0. The van der Waals surface area contributed by atoms with Crippen molar-refractivity contribution >= 4 is 47.6 Å². The summed E-state index contributed by atoms with van der Waals surface area (Å²) in [5.41, 5.74) is 1.93. The summed E-state index contributed by atoms with van der Waals surface area (Å²) >= 11 is 5.23. The van der Waals surface area contributed by atoms with Crippen LogP contribution in [0.5, 0.6) is 0 Å². The zero-order valence-electron chi connectivity index (χ0n) is 10.2. The minimum Gasteiger partial charge on any atom is -0.264 e. The summed E-state index contributed by atoms with van der Waals surface area (Å²) < 4.78 is 3.39. The minimum absolute atomic E-state index is 0.713. The minimum atomic E-state index is 0.713. The van der Waals surface area contributed by atoms with Gasteiger partial charge >= 0.3 is 0 Å². The number of halogens is 1. The normalized spacial score (nSPS) is 11.2. The standard InChI is InChI=1S/C15H8BrN3S/c16-10-3-4-12-11(6-10)14-13(20-12)8-18-15(19-14)9-2-1-5-17-7-9/h1-8H. The topological polar surface area (TPSA) is 38.7 Å². The molecule has 4 rings (SSSR count). The predicted molar refractivity (Wildman–Crippen MR) is 85.9 cm³/mol. The quantitative estimate of drug-likeness (QED) is 0.505. The molecule has 0 spiro atoms. The van der Waals surface area contributed by atoms with Crippen molar-refractivity contribution in [2.75, 3.05) is 0 Å². The van der Waals surface area contributed by atoms with Crippen LogP contribution in [-0.4, -0.2) is 15.0 Å². The molecule has 0 saturated heterocycles. The van der Waals surface area contributed by atoms with Crippen LogP contribution in [0, 0.1) is 0 Å². The summed E-state index contributed by atoms with van der Waals surface area (Å²) in [5, 5.41) is 1.16. The molecule has 0 fully saturated rings. The van der Waals surface area contributed by atoms with Crippen molar-refractivity contribution in [3.05, 3.63) is 53.4 Å². The molecule has 0 unspecified atom stereocenters. The first kappa shape index (κ1) is 11.9. The molecule has 3 heterocycles. The van der Waals surface area contributed by atoms with Gasteiger partial charge in [-0.1, -0.05) is 15.9 Å². The first-order valence-electron chi connectivity index (χ1n) is 6.06. The van der Waals surface area contributed by atoms with Crippen molar-refractivity contribution in [3.8, 4) is 11.4 Å². The Labute approximate surface area is 127 Å². The second-order valence-electron chi connectivity index (χ2n) is 4.39. The van der Waals surface area contributed by atoms with Crippen LogP contribution in [0.15, 0.2) is 53.4 Å². The van der Waals surface area contributed by atoms with Gasteiger partial charge in [0.2, 0.25) is 0 Å². The van der Waals surface area contributed by atoms with Crippen molar-refractivity contribution in [2.45, 2.75) is 0 Å². The smallest absolute Gasteiger partial charge is 0.161 e. The van der Waals surface area contributed by atoms with Crippen molar-refractivity contribution in [2.24, 2.45) is 0 Å². The van der Waals surface area contributed by atoms with Crippen LogP contribution in [-0.2, 0) is 0 Å². The Bertz CT molecular complexity index is 918. The Morgan fingerprint density at radius 1 is 1.05 bits per heavy atom. The Balaban J connectivity index is 2.03. The van der Waals surface area contributed by atoms with E-state index in [0.717, 1.165) is 25.6 Å². The van der Waals surface area contributed by atoms with Gasteiger partial charge in [-0.3, -0.25) is 4.98 Å². The van der Waals surface area contributed by atoms with Crippen molar-refractivity contribution < 1.29 is 0 Å². The zero-order chi connectivity index (χ0) is 13.5. The van der Waals surface area contributed by atoms with E-state index in [1.165, 1.54) is 4.70 Å². The SMILES string of the molecule is Brc1ccc2sc3cnc(-c4cccnc4)nc3c2c1. The van der Waals surface area contributed by atoms with Gasteiger partial charge in [0.05, 0.1) is 10.2 Å². The van der Waals surface area contributed by atoms with Crippen LogP contribution in [0.25, 0.3) is 31.7 Å². The van der Waals surface area contributed by atoms with Gasteiger partial charge in [-0.15, -0.1) is 11.3 Å². The number of aromatic nitrogens is 3. The predicted octanol–water partition coefficient (Wildman–Crippen LogP) is 4.67. The number of nitrogens with zero attached hydrogens (tertiary/aromatic N) is 3. The molecule has 0 aliphatic rings. The van der Waals surface area contributed by atoms with E-state index >= 15 is 0 Å². The maximum atomic E-state index is 4.71. The third-order valence-corrected chi connectivity index (χ3v) is 4.68. The zero-order valence-corrected chi connectivity index (χ0v) is 12.6. The number of benzene rings is 1. The third kappa shape index (κ3) is 1.90. The fourth-order valence-corrected chi connectivity index (χ4v) is 3.52. The Morgan fingerprint density at radius 2 is 2.00 bits per heavy atom. The second-order valence-corrected chi connectivity index (χ2v) is 6.39. The van der Waals surface area contributed by atoms with E-state index in [1.807, 2.05) is 24.4 Å². The van der Waals surface area contributed by atoms with Gasteiger partial charge in [0.15, 0.2) is 5.82 Å². The first-order chi connectivity index (χ1) is 9.81. The molecule has 5 heteroatoms. The number of pyridine rings is 1. The van der Waals surface area contributed by atoms with Gasteiger partial charge in [0.1, 0.15) is 0 Å². The maximum absolute atomic E-state index is 4.71. The fraction of sp³-hybridized carbons (Fsp3) is 0. The molecule has 96 valence electrons. The van der Waals surface area contributed by atoms with E-state index in [1.54, 1.807) is 23.7 Å². The van der Waals surface area contributed by atoms with Crippen LogP contribution >= 0.6 is 27.3 Å². The van der Waals surface area contributed by atoms with Crippen LogP contribution in [0.4, 0.5) is 0 Å². The molecule has 0 atom stereocenters. The van der Waals surface area contributed by atoms with Crippen LogP contribution in [0.2, 0.25) is 0 Å². The van der Waals surface area contributed by atoms with Crippen molar-refractivity contribution in [1.29, 1.82) is 0 Å². The molecule has 3 nitrogen and oxygen atoms in total. The van der Waals surface area contributed by atoms with Crippen LogP contribution < -0.4 is 0 Å². The molecule has 20 heavy (non-hydrogen) atoms. The Morgan fingerprint density at radius 3 is 2.85 bits per heavy atom. The number of fused-ring (bicyclic) bond motifs is 3. The Kier molecular flexibility index (Phi) is 2.75. The highest BCUT2D eigenvalue weighted by Gasteiger charge is 2.09. The van der Waals surface area contributed by atoms with Crippen molar-refractivity contribution in [3.63, 3.8) is 0 Å². The molecule has 3 aromatic heterocycles. The van der Waals surface area contributed by atoms with Gasteiger partial charge in [0, 0.05) is 38.7 Å². The van der Waals surface area contributed by atoms with Crippen LogP contribution in [0.3, 0.4) is 0 Å². The number of thiophene rings is 1. The molecule has 0 bridgehead atoms. The summed E-state index contributed by atoms with van der Waals surface area (Å²) in [6.07, 6.45) is 5.42. The molecule has 0 aliphatic heterocycles. The molecule has 1 aromatic carbocycles. The molecular weight excluding hydrogens is 334 g/mol. The van der Waals surface area contributed by atoms with E-state index in [-0.39, 0.29) is 0 Å². The molecule has 0 N–H and O–H groups in total. The van der Waals surface area contributed by atoms with E-state index in [0.29, 0.717) is 5.82 Å². The second kappa shape index (κ2) is 4.61. The third-order valence-electron chi connectivity index (χ3n) is 3.09. The summed E-state index contributed by atoms with van der Waals surface area (Å²) in [4.78, 5) is 13.3. The highest BCUT2D eigenvalue weighted by atomic mass is 79.9. The molecule has 4 aromatic rings. The van der Waals surface area contributed by atoms with Gasteiger partial charge in [-0.2, -0.15) is 0 Å². The maximum Gasteiger partial charge on any atom is 0.161 e. The van der Waals surface area contributed by atoms with Gasteiger partial charge < -0.3 is 0 Å². The van der Waals surface area contributed by atoms with Gasteiger partial charge in [-0.05, 0) is 30.3 Å². The van der Waals surface area contributed by atoms with E-state index in [2.05, 4.69) is 38.0 Å². The highest BCUT2D eigenvalue weighted by Crippen LogP contribution is 2.34. The molecule has 0 radical (unpaired) electrons. The Hall–Kier alpha value is -1.85. The molecule has 0 amide bonds. The average molecular weight is 342 g/mol. The molecule has 0 aliphatic carbocycles. The van der Waals surface area contributed by atoms with E-state index in [9.17, 15) is 0 Å². The number of rotatable bonds is 1. The van der Waals surface area contributed by atoms with E-state index < -0.39 is 0 Å². The van der Waals surface area contributed by atoms with Crippen molar-refractivity contribution in [1.82, 2.24) is 15.0 Å². The number of hydrogen-bond acceptors (Lipinski definition) is 4.